The number of hydrogen-bond donors (Lipinski definition) is 0. The van der Waals surface area contributed by atoms with Crippen molar-refractivity contribution in [2.24, 2.45) is 5.92 Å². The minimum Gasteiger partial charge on any atom is -0.491 e. The monoisotopic (exact) mass is 312 g/mol. The van der Waals surface area contributed by atoms with Crippen LogP contribution in [0.4, 0.5) is 0 Å². The molecule has 1 unspecified atom stereocenters. The highest BCUT2D eigenvalue weighted by Crippen LogP contribution is 2.25. The van der Waals surface area contributed by atoms with Crippen LogP contribution < -0.4 is 9.47 Å². The molecule has 3 heteroatoms. The molecule has 0 radical (unpaired) electrons. The second kappa shape index (κ2) is 7.82. The minimum atomic E-state index is -0.185. The quantitative estimate of drug-likeness (QED) is 0.550. The summed E-state index contributed by atoms with van der Waals surface area (Å²) in [5.74, 6) is 1.18. The van der Waals surface area contributed by atoms with Crippen LogP contribution in [0.3, 0.4) is 0 Å². The Morgan fingerprint density at radius 3 is 1.78 bits per heavy atom. The molecular formula is C20H24O3. The summed E-state index contributed by atoms with van der Waals surface area (Å²) in [5.41, 5.74) is 2.17. The van der Waals surface area contributed by atoms with Gasteiger partial charge in [0.15, 0.2) is 0 Å². The van der Waals surface area contributed by atoms with Gasteiger partial charge in [-0.3, -0.25) is 4.79 Å². The van der Waals surface area contributed by atoms with Crippen LogP contribution in [0.15, 0.2) is 48.5 Å². The largest absolute Gasteiger partial charge is 0.491 e. The third kappa shape index (κ3) is 4.85. The predicted molar refractivity (Wildman–Crippen MR) is 92.7 cm³/mol. The van der Waals surface area contributed by atoms with Crippen LogP contribution >= 0.6 is 0 Å². The lowest BCUT2D eigenvalue weighted by Gasteiger charge is -2.11. The lowest BCUT2D eigenvalue weighted by atomic mass is 10.1. The van der Waals surface area contributed by atoms with E-state index < -0.39 is 0 Å². The molecule has 23 heavy (non-hydrogen) atoms. The number of carbonyl (C=O) groups excluding carboxylic acids is 1. The fourth-order valence-corrected chi connectivity index (χ4v) is 2.10. The van der Waals surface area contributed by atoms with E-state index in [9.17, 15) is 4.79 Å². The van der Waals surface area contributed by atoms with Crippen LogP contribution in [0, 0.1) is 5.92 Å². The van der Waals surface area contributed by atoms with Gasteiger partial charge in [0.1, 0.15) is 11.5 Å². The van der Waals surface area contributed by atoms with Crippen LogP contribution in [0.25, 0.3) is 11.1 Å². The van der Waals surface area contributed by atoms with Crippen molar-refractivity contribution < 1.29 is 14.3 Å². The molecular weight excluding hydrogens is 288 g/mol. The van der Waals surface area contributed by atoms with Crippen molar-refractivity contribution in [3.8, 4) is 22.6 Å². The molecule has 0 saturated carbocycles. The van der Waals surface area contributed by atoms with Gasteiger partial charge < -0.3 is 9.47 Å². The number of esters is 1. The first-order chi connectivity index (χ1) is 11.0. The summed E-state index contributed by atoms with van der Waals surface area (Å²) in [5, 5.41) is 0. The van der Waals surface area contributed by atoms with Gasteiger partial charge in [0.05, 0.1) is 12.0 Å². The molecule has 2 rings (SSSR count). The first-order valence-electron chi connectivity index (χ1n) is 8.08. The third-order valence-corrected chi connectivity index (χ3v) is 3.65. The average molecular weight is 312 g/mol. The number of ether oxygens (including phenoxy) is 2. The van der Waals surface area contributed by atoms with E-state index in [0.29, 0.717) is 5.75 Å². The Hall–Kier alpha value is -2.29. The summed E-state index contributed by atoms with van der Waals surface area (Å²) in [6.07, 6.45) is 0.946. The van der Waals surface area contributed by atoms with Crippen molar-refractivity contribution in [2.45, 2.75) is 40.2 Å². The zero-order valence-electron chi connectivity index (χ0n) is 14.2. The maximum Gasteiger partial charge on any atom is 0.314 e. The smallest absolute Gasteiger partial charge is 0.314 e. The van der Waals surface area contributed by atoms with Crippen molar-refractivity contribution in [1.29, 1.82) is 0 Å². The molecule has 0 N–H and O–H groups in total. The Morgan fingerprint density at radius 2 is 1.35 bits per heavy atom. The van der Waals surface area contributed by atoms with E-state index in [1.807, 2.05) is 76.2 Å². The van der Waals surface area contributed by atoms with E-state index in [4.69, 9.17) is 9.47 Å². The standard InChI is InChI=1S/C20H24O3/c1-5-15(4)20(21)23-19-12-8-17(9-13-19)16-6-10-18(11-7-16)22-14(2)3/h6-15H,5H2,1-4H3. The molecule has 122 valence electrons. The van der Waals surface area contributed by atoms with Crippen molar-refractivity contribution in [1.82, 2.24) is 0 Å². The maximum atomic E-state index is 11.8. The van der Waals surface area contributed by atoms with Crippen LogP contribution in [-0.4, -0.2) is 12.1 Å². The van der Waals surface area contributed by atoms with Gasteiger partial charge in [-0.2, -0.15) is 0 Å². The van der Waals surface area contributed by atoms with Crippen molar-refractivity contribution in [3.63, 3.8) is 0 Å². The fourth-order valence-electron chi connectivity index (χ4n) is 2.10. The van der Waals surface area contributed by atoms with Gasteiger partial charge in [-0.25, -0.2) is 0 Å². The van der Waals surface area contributed by atoms with E-state index in [-0.39, 0.29) is 18.0 Å². The molecule has 2 aromatic rings. The van der Waals surface area contributed by atoms with Crippen molar-refractivity contribution >= 4 is 5.97 Å². The molecule has 0 aliphatic rings. The molecule has 0 spiro atoms. The Labute approximate surface area is 138 Å². The van der Waals surface area contributed by atoms with E-state index in [0.717, 1.165) is 23.3 Å². The zero-order chi connectivity index (χ0) is 16.8. The second-order valence-corrected chi connectivity index (χ2v) is 5.95. The number of hydrogen-bond acceptors (Lipinski definition) is 3. The lowest BCUT2D eigenvalue weighted by molar-refractivity contribution is -0.138. The van der Waals surface area contributed by atoms with Gasteiger partial charge in [-0.05, 0) is 55.7 Å². The van der Waals surface area contributed by atoms with Crippen molar-refractivity contribution in [3.05, 3.63) is 48.5 Å². The summed E-state index contributed by atoms with van der Waals surface area (Å²) in [4.78, 5) is 11.8. The molecule has 0 saturated heterocycles. The van der Waals surface area contributed by atoms with E-state index in [2.05, 4.69) is 0 Å². The summed E-state index contributed by atoms with van der Waals surface area (Å²) in [6.45, 7) is 7.86. The lowest BCUT2D eigenvalue weighted by Crippen LogP contribution is -2.16. The first kappa shape index (κ1) is 17.1. The normalized spacial score (nSPS) is 12.0. The fraction of sp³-hybridized carbons (Fsp3) is 0.350. The summed E-state index contributed by atoms with van der Waals surface area (Å²) in [6, 6.07) is 15.5. The Morgan fingerprint density at radius 1 is 0.870 bits per heavy atom. The minimum absolute atomic E-state index is 0.0804. The average Bonchev–Trinajstić information content (AvgIpc) is 2.55. The molecule has 0 aromatic heterocycles. The van der Waals surface area contributed by atoms with Crippen LogP contribution in [0.1, 0.15) is 34.1 Å². The van der Waals surface area contributed by atoms with Gasteiger partial charge in [0.2, 0.25) is 0 Å². The molecule has 2 aromatic carbocycles. The number of rotatable bonds is 6. The molecule has 0 fully saturated rings. The SMILES string of the molecule is CCC(C)C(=O)Oc1ccc(-c2ccc(OC(C)C)cc2)cc1. The second-order valence-electron chi connectivity index (χ2n) is 5.95. The Balaban J connectivity index is 2.06. The Bertz CT molecular complexity index is 627. The molecule has 0 aliphatic heterocycles. The summed E-state index contributed by atoms with van der Waals surface area (Å²) < 4.78 is 11.0. The highest BCUT2D eigenvalue weighted by molar-refractivity contribution is 5.75. The van der Waals surface area contributed by atoms with Crippen LogP contribution in [0.5, 0.6) is 11.5 Å². The molecule has 0 aliphatic carbocycles. The summed E-state index contributed by atoms with van der Waals surface area (Å²) >= 11 is 0. The van der Waals surface area contributed by atoms with E-state index in [1.165, 1.54) is 0 Å². The predicted octanol–water partition coefficient (Wildman–Crippen LogP) is 5.09. The molecule has 0 bridgehead atoms. The molecule has 0 heterocycles. The number of carbonyl (C=O) groups is 1. The van der Waals surface area contributed by atoms with Crippen LogP contribution in [-0.2, 0) is 4.79 Å². The molecule has 1 atom stereocenters. The maximum absolute atomic E-state index is 11.8. The highest BCUT2D eigenvalue weighted by atomic mass is 16.5. The van der Waals surface area contributed by atoms with Gasteiger partial charge >= 0.3 is 5.97 Å². The van der Waals surface area contributed by atoms with E-state index in [1.54, 1.807) is 0 Å². The van der Waals surface area contributed by atoms with E-state index >= 15 is 0 Å². The van der Waals surface area contributed by atoms with Gasteiger partial charge in [-0.15, -0.1) is 0 Å². The van der Waals surface area contributed by atoms with Gasteiger partial charge in [0.25, 0.3) is 0 Å². The van der Waals surface area contributed by atoms with Crippen LogP contribution in [0.2, 0.25) is 0 Å². The van der Waals surface area contributed by atoms with Crippen molar-refractivity contribution in [2.75, 3.05) is 0 Å². The Kier molecular flexibility index (Phi) is 5.80. The van der Waals surface area contributed by atoms with Gasteiger partial charge in [0, 0.05) is 0 Å². The zero-order valence-corrected chi connectivity index (χ0v) is 14.2. The first-order valence-corrected chi connectivity index (χ1v) is 8.08. The molecule has 0 amide bonds. The molecule has 3 nitrogen and oxygen atoms in total. The highest BCUT2D eigenvalue weighted by Gasteiger charge is 2.12. The number of benzene rings is 2. The summed E-state index contributed by atoms with van der Waals surface area (Å²) in [7, 11) is 0. The third-order valence-electron chi connectivity index (χ3n) is 3.65. The van der Waals surface area contributed by atoms with Gasteiger partial charge in [-0.1, -0.05) is 38.1 Å². The topological polar surface area (TPSA) is 35.5 Å².